The number of ether oxygens (including phenoxy) is 3. The van der Waals surface area contributed by atoms with Crippen LogP contribution in [-0.4, -0.2) is 156 Å². The maximum Gasteiger partial charge on any atom is 0.354 e. The van der Waals surface area contributed by atoms with E-state index in [9.17, 15) is 18.8 Å². The van der Waals surface area contributed by atoms with Crippen LogP contribution < -0.4 is 61.3 Å². The van der Waals surface area contributed by atoms with Crippen LogP contribution in [0.5, 0.6) is 0 Å². The first kappa shape index (κ1) is 101. The summed E-state index contributed by atoms with van der Waals surface area (Å²) in [6.07, 6.45) is 17.8. The Labute approximate surface area is 808 Å². The van der Waals surface area contributed by atoms with Crippen molar-refractivity contribution < 1.29 is 31.8 Å². The average molecular weight is 1940 g/mol. The van der Waals surface area contributed by atoms with Gasteiger partial charge in [0.1, 0.15) is 23.6 Å². The molecule has 0 spiro atoms. The third-order valence-electron chi connectivity index (χ3n) is 24.5. The molecule has 0 saturated carbocycles. The molecule has 28 nitrogen and oxygen atoms in total. The number of halogens is 7. The molecule has 2 saturated heterocycles. The van der Waals surface area contributed by atoms with Gasteiger partial charge in [0, 0.05) is 96.6 Å². The monoisotopic (exact) mass is 1930 g/mol. The van der Waals surface area contributed by atoms with Crippen molar-refractivity contribution in [2.75, 3.05) is 52.5 Å². The number of aliphatic imine (C=N–C) groups is 5. The number of aryl methyl sites for hydroxylation is 3. The Hall–Kier alpha value is -12.2. The van der Waals surface area contributed by atoms with E-state index in [1.165, 1.54) is 13.7 Å². The lowest BCUT2D eigenvalue weighted by Gasteiger charge is -2.36. The minimum atomic E-state index is -0.656. The number of aromatic amines is 3. The fraction of sp³-hybridized carbons (Fsp3) is 0.422. The highest BCUT2D eigenvalue weighted by atomic mass is 35.5. The number of fused-ring (bicyclic) bond motifs is 3. The van der Waals surface area contributed by atoms with Crippen molar-refractivity contribution >= 4 is 97.5 Å². The van der Waals surface area contributed by atoms with E-state index in [2.05, 4.69) is 118 Å². The number of alkyl halides is 1. The minimum absolute atomic E-state index is 0.0351. The molecule has 16 rings (SSSR count). The van der Waals surface area contributed by atoms with Crippen LogP contribution in [0.3, 0.4) is 0 Å². The van der Waals surface area contributed by atoms with Crippen LogP contribution in [0.1, 0.15) is 184 Å². The number of amidine groups is 2. The van der Waals surface area contributed by atoms with E-state index in [4.69, 9.17) is 71.9 Å². The summed E-state index contributed by atoms with van der Waals surface area (Å²) < 4.78 is 81.9. The third kappa shape index (κ3) is 27.4. The van der Waals surface area contributed by atoms with Gasteiger partial charge in [0.05, 0.1) is 117 Å². The lowest BCUT2D eigenvalue weighted by Crippen LogP contribution is -2.47. The van der Waals surface area contributed by atoms with Gasteiger partial charge in [0.25, 0.3) is 0 Å². The van der Waals surface area contributed by atoms with E-state index in [1.807, 2.05) is 66.7 Å². The van der Waals surface area contributed by atoms with E-state index in [0.717, 1.165) is 168 Å². The number of nitrogens with one attached hydrogen (secondary N) is 7. The third-order valence-corrected chi connectivity index (χ3v) is 25.4. The topological polar surface area (TPSA) is 394 Å². The number of nitrogens with two attached hydrogens (primary N) is 4. The van der Waals surface area contributed by atoms with Crippen molar-refractivity contribution in [3.8, 4) is 50.8 Å². The van der Waals surface area contributed by atoms with Crippen LogP contribution >= 0.6 is 34.8 Å². The summed E-state index contributed by atoms with van der Waals surface area (Å²) in [6, 6.07) is 38.8. The van der Waals surface area contributed by atoms with Crippen LogP contribution in [0.15, 0.2) is 185 Å². The second kappa shape index (κ2) is 47.2. The number of guanidine groups is 3. The first-order valence-corrected chi connectivity index (χ1v) is 48.3. The number of hydrogen-bond donors (Lipinski definition) is 11. The normalized spacial score (nSPS) is 17.6. The Morgan fingerprint density at radius 3 is 1.34 bits per heavy atom. The number of rotatable bonds is 35. The summed E-state index contributed by atoms with van der Waals surface area (Å²) in [6.45, 7) is 21.1. The fourth-order valence-corrected chi connectivity index (χ4v) is 18.3. The molecule has 12 aromatic rings. The molecule has 6 aromatic carbocycles. The largest absolute Gasteiger partial charge is 0.388 e. The first-order chi connectivity index (χ1) is 65.9. The molecule has 6 aromatic heterocycles. The number of nitrogens with zero attached hydrogens (tertiary/aromatic N) is 11. The lowest BCUT2D eigenvalue weighted by molar-refractivity contribution is -0.0635. The van der Waals surface area contributed by atoms with Gasteiger partial charge in [-0.25, -0.2) is 31.9 Å². The van der Waals surface area contributed by atoms with Gasteiger partial charge in [-0.15, -0.1) is 0 Å². The zero-order valence-electron chi connectivity index (χ0n) is 78.6. The van der Waals surface area contributed by atoms with E-state index < -0.39 is 47.3 Å². The molecule has 726 valence electrons. The SMILES string of the molecule is CC(C)CCCc1cc(Cl)c(F)c(-c2cc3cn(-c4ccc(CO[C@@H](CF)CCN=C(N)N)cc4)c(=O)nc3[nH]2)c1.CC(C)CCCc1cc(Cl)c(F)c(-c2cc3cn(-c4ccc([C@H]5CC(NC6=NCCN6)C[C@H](CCNC6=NCCN6)O5)cc4)c(=O)nc3[nH]2)c1.CC(N)=NCC[C@H]1CC(N=C(C)N)C[C@H](c2ccc(-n3cc4cc(-c5cc(CCCC(C)C)cc(Cl)c5F)[nH]c4nc3=O)cc2)O1. The number of H-pyrrole nitrogens is 3. The van der Waals surface area contributed by atoms with Crippen LogP contribution in [0, 0.1) is 35.2 Å². The molecule has 0 amide bonds. The molecule has 2 fully saturated rings. The molecule has 35 heteroatoms. The summed E-state index contributed by atoms with van der Waals surface area (Å²) >= 11 is 18.8. The highest BCUT2D eigenvalue weighted by molar-refractivity contribution is 6.32. The molecule has 4 aliphatic rings. The summed E-state index contributed by atoms with van der Waals surface area (Å²) in [5.41, 5.74) is 32.2. The van der Waals surface area contributed by atoms with Crippen molar-refractivity contribution in [3.05, 3.63) is 243 Å². The Bertz CT molecular complexity index is 6520. The molecule has 7 atom stereocenters. The number of aromatic nitrogens is 9. The maximum atomic E-state index is 15.3. The molecule has 137 heavy (non-hydrogen) atoms. The molecule has 15 N–H and O–H groups in total. The van der Waals surface area contributed by atoms with Crippen LogP contribution in [0.25, 0.3) is 83.9 Å². The van der Waals surface area contributed by atoms with Crippen LogP contribution in [-0.2, 0) is 40.1 Å². The molecule has 4 aliphatic heterocycles. The molecular formula is C102H123Cl3F4N22O6. The van der Waals surface area contributed by atoms with Gasteiger partial charge in [0.15, 0.2) is 35.3 Å². The highest BCUT2D eigenvalue weighted by Gasteiger charge is 2.34. The van der Waals surface area contributed by atoms with Gasteiger partial charge in [-0.05, 0) is 233 Å². The van der Waals surface area contributed by atoms with Crippen molar-refractivity contribution in [1.29, 1.82) is 0 Å². The zero-order chi connectivity index (χ0) is 97.1. The van der Waals surface area contributed by atoms with Crippen molar-refractivity contribution in [3.63, 3.8) is 0 Å². The molecule has 0 radical (unpaired) electrons. The average Bonchev–Trinajstić information content (AvgIpc) is 1.64. The molecule has 0 bridgehead atoms. The quantitative estimate of drug-likeness (QED) is 0.00998. The fourth-order valence-electron chi connectivity index (χ4n) is 17.5. The molecule has 0 aliphatic carbocycles. The second-order valence-electron chi connectivity index (χ2n) is 36.9. The van der Waals surface area contributed by atoms with E-state index >= 15 is 13.2 Å². The molecular weight excluding hydrogens is 1810 g/mol. The van der Waals surface area contributed by atoms with E-state index in [0.29, 0.717) is 133 Å². The van der Waals surface area contributed by atoms with Gasteiger partial charge in [-0.2, -0.15) is 15.0 Å². The highest BCUT2D eigenvalue weighted by Crippen LogP contribution is 2.40. The summed E-state index contributed by atoms with van der Waals surface area (Å²) in [5.74, 6) is 3.01. The van der Waals surface area contributed by atoms with Crippen LogP contribution in [0.2, 0.25) is 15.1 Å². The number of hydrogen-bond acceptors (Lipinski definition) is 18. The Kier molecular flexibility index (Phi) is 34.7. The minimum Gasteiger partial charge on any atom is -0.388 e. The van der Waals surface area contributed by atoms with Gasteiger partial charge in [-0.1, -0.05) is 132 Å². The van der Waals surface area contributed by atoms with E-state index in [-0.39, 0.29) is 70.7 Å². The van der Waals surface area contributed by atoms with Crippen LogP contribution in [0.4, 0.5) is 17.6 Å². The zero-order valence-corrected chi connectivity index (χ0v) is 80.9. The van der Waals surface area contributed by atoms with Crippen molar-refractivity contribution in [2.24, 2.45) is 65.7 Å². The van der Waals surface area contributed by atoms with Crippen molar-refractivity contribution in [1.82, 2.24) is 64.9 Å². The van der Waals surface area contributed by atoms with E-state index in [1.54, 1.807) is 93.1 Å². The smallest absolute Gasteiger partial charge is 0.354 e. The predicted octanol–water partition coefficient (Wildman–Crippen LogP) is 17.8. The Morgan fingerprint density at radius 2 is 0.934 bits per heavy atom. The Balaban J connectivity index is 0.000000165. The summed E-state index contributed by atoms with van der Waals surface area (Å²) in [4.78, 5) is 83.1. The standard InChI is InChI=1S/C37H45ClFN9O2.C35H43ClFN7O2.C30H35ClF2N6O2/c1-22(2)4-3-5-23-16-29(33(39)30(38)17-23)31-18-25-21-48(37(49)47-34(25)46-31)27-8-6-24(7-9-27)32-20-26(45-36-43-14-15-44-36)19-28(50-32)10-11-40-35-41-12-13-42-35;1-20(2)6-5-7-23-14-29(33(37)30(36)15-23)31-16-25-19-44(35(45)43-34(25)42-31)27-10-8-24(9-11-27)32-18-26(41-22(4)39)17-28(46-32)12-13-40-21(3)38;1-18(2)4-3-5-20-12-24(27(33)25(31)13-20)26-14-21-16-39(30(40)38-28(21)37-26)22-8-6-19(7-9-22)17-41-23(15-32)10-11-36-29(34)35/h6-9,16-18,21-22,26,28,32H,3-5,10-15,19-20H2,1-2H3,(H2,40,41,42)(H2,43,44,45)(H,46,47,49);8-11,14-16,19-20,26,28,32H,5-7,12-13,17-18H2,1-4H3,(H2,38,40)(H2,39,41)(H,42,43,45);6-9,12-14,16,18,23H,3-5,10-11,15,17H2,1-2H3,(H4,34,35,36)(H,37,38,40)/t2*26?,28-,32+;23-/m001/s1. The second-order valence-corrected chi connectivity index (χ2v) is 38.1. The van der Waals surface area contributed by atoms with Gasteiger partial charge >= 0.3 is 17.1 Å². The lowest BCUT2D eigenvalue weighted by atomic mass is 9.93. The van der Waals surface area contributed by atoms with Gasteiger partial charge in [-0.3, -0.25) is 38.7 Å². The predicted molar refractivity (Wildman–Crippen MR) is 541 cm³/mol. The number of benzene rings is 6. The Morgan fingerprint density at radius 1 is 0.511 bits per heavy atom. The van der Waals surface area contributed by atoms with Gasteiger partial charge in [0.2, 0.25) is 0 Å². The van der Waals surface area contributed by atoms with Gasteiger partial charge < -0.3 is 73.4 Å². The van der Waals surface area contributed by atoms with Crippen molar-refractivity contribution in [2.45, 2.75) is 207 Å². The maximum absolute atomic E-state index is 15.3. The summed E-state index contributed by atoms with van der Waals surface area (Å²) in [5, 5.41) is 15.8. The first-order valence-electron chi connectivity index (χ1n) is 47.2. The summed E-state index contributed by atoms with van der Waals surface area (Å²) in [7, 11) is 0. The molecule has 2 unspecified atom stereocenters. The molecule has 10 heterocycles.